The molecule has 0 bridgehead atoms. The molecule has 1 heterocycles. The number of carbonyl (C=O) groups is 1. The van der Waals surface area contributed by atoms with E-state index < -0.39 is 5.97 Å². The van der Waals surface area contributed by atoms with Gasteiger partial charge in [0.25, 0.3) is 0 Å². The maximum Gasteiger partial charge on any atom is 0.335 e. The number of benzene rings is 2. The molecule has 2 aromatic carbocycles. The average Bonchev–Trinajstić information content (AvgIpc) is 2.98. The molecule has 4 nitrogen and oxygen atoms in total. The van der Waals surface area contributed by atoms with Crippen molar-refractivity contribution < 1.29 is 9.90 Å². The molecule has 0 spiro atoms. The van der Waals surface area contributed by atoms with E-state index in [2.05, 4.69) is 5.10 Å². The zero-order chi connectivity index (χ0) is 14.8. The monoisotopic (exact) mass is 278 g/mol. The lowest BCUT2D eigenvalue weighted by molar-refractivity contribution is 0.0697. The standard InChI is InChI=1S/C17H14N2O2/c1-12-5-7-13(8-6-12)16-9-10-19(18-16)15-4-2-3-14(11-15)17(20)21/h2-11H,1H3,(H,20,21). The van der Waals surface area contributed by atoms with Crippen LogP contribution in [0.4, 0.5) is 0 Å². The Morgan fingerprint density at radius 3 is 2.57 bits per heavy atom. The van der Waals surface area contributed by atoms with Crippen molar-refractivity contribution in [1.29, 1.82) is 0 Å². The van der Waals surface area contributed by atoms with Crippen molar-refractivity contribution in [1.82, 2.24) is 9.78 Å². The first kappa shape index (κ1) is 13.1. The van der Waals surface area contributed by atoms with Crippen molar-refractivity contribution in [3.8, 4) is 16.9 Å². The summed E-state index contributed by atoms with van der Waals surface area (Å²) in [5, 5.41) is 13.5. The van der Waals surface area contributed by atoms with E-state index in [9.17, 15) is 4.79 Å². The van der Waals surface area contributed by atoms with Crippen LogP contribution in [0.1, 0.15) is 15.9 Å². The summed E-state index contributed by atoms with van der Waals surface area (Å²) in [6.45, 7) is 2.04. The molecule has 0 unspecified atom stereocenters. The first-order valence-electron chi connectivity index (χ1n) is 6.60. The summed E-state index contributed by atoms with van der Waals surface area (Å²) >= 11 is 0. The van der Waals surface area contributed by atoms with Gasteiger partial charge >= 0.3 is 5.97 Å². The van der Waals surface area contributed by atoms with Crippen molar-refractivity contribution in [3.05, 3.63) is 71.9 Å². The Morgan fingerprint density at radius 2 is 1.86 bits per heavy atom. The fraction of sp³-hybridized carbons (Fsp3) is 0.0588. The molecule has 3 aromatic rings. The fourth-order valence-electron chi connectivity index (χ4n) is 2.13. The van der Waals surface area contributed by atoms with E-state index in [0.717, 1.165) is 16.9 Å². The Bertz CT molecular complexity index is 789. The van der Waals surface area contributed by atoms with Gasteiger partial charge in [-0.25, -0.2) is 9.48 Å². The normalized spacial score (nSPS) is 10.5. The molecule has 21 heavy (non-hydrogen) atoms. The molecule has 104 valence electrons. The highest BCUT2D eigenvalue weighted by molar-refractivity contribution is 5.88. The number of carboxylic acid groups (broad SMARTS) is 1. The topological polar surface area (TPSA) is 55.1 Å². The smallest absolute Gasteiger partial charge is 0.335 e. The first-order chi connectivity index (χ1) is 10.1. The maximum absolute atomic E-state index is 11.0. The molecule has 0 saturated heterocycles. The van der Waals surface area contributed by atoms with Crippen molar-refractivity contribution >= 4 is 5.97 Å². The second-order valence-corrected chi connectivity index (χ2v) is 4.87. The zero-order valence-corrected chi connectivity index (χ0v) is 11.5. The van der Waals surface area contributed by atoms with E-state index in [4.69, 9.17) is 5.11 Å². The number of aromatic nitrogens is 2. The summed E-state index contributed by atoms with van der Waals surface area (Å²) in [5.41, 5.74) is 4.07. The van der Waals surface area contributed by atoms with Crippen LogP contribution < -0.4 is 0 Å². The van der Waals surface area contributed by atoms with Gasteiger partial charge in [0.1, 0.15) is 0 Å². The highest BCUT2D eigenvalue weighted by Gasteiger charge is 2.07. The van der Waals surface area contributed by atoms with E-state index >= 15 is 0 Å². The lowest BCUT2D eigenvalue weighted by Gasteiger charge is -2.03. The molecule has 0 aliphatic heterocycles. The Kier molecular flexibility index (Phi) is 3.28. The fourth-order valence-corrected chi connectivity index (χ4v) is 2.13. The predicted molar refractivity (Wildman–Crippen MR) is 80.7 cm³/mol. The van der Waals surface area contributed by atoms with E-state index in [-0.39, 0.29) is 5.56 Å². The van der Waals surface area contributed by atoms with Crippen LogP contribution in [0.5, 0.6) is 0 Å². The van der Waals surface area contributed by atoms with Gasteiger partial charge in [-0.3, -0.25) is 0 Å². The number of nitrogens with zero attached hydrogens (tertiary/aromatic N) is 2. The second kappa shape index (κ2) is 5.25. The number of carboxylic acids is 1. The number of aryl methyl sites for hydroxylation is 1. The highest BCUT2D eigenvalue weighted by atomic mass is 16.4. The molecule has 4 heteroatoms. The summed E-state index contributed by atoms with van der Waals surface area (Å²) in [5.74, 6) is -0.942. The molecule has 0 aliphatic carbocycles. The third-order valence-electron chi connectivity index (χ3n) is 3.29. The van der Waals surface area contributed by atoms with E-state index in [1.165, 1.54) is 5.56 Å². The van der Waals surface area contributed by atoms with Crippen LogP contribution in [0.15, 0.2) is 60.8 Å². The van der Waals surface area contributed by atoms with Crippen molar-refractivity contribution in [3.63, 3.8) is 0 Å². The van der Waals surface area contributed by atoms with Gasteiger partial charge in [0.15, 0.2) is 0 Å². The quantitative estimate of drug-likeness (QED) is 0.797. The first-order valence-corrected chi connectivity index (χ1v) is 6.60. The van der Waals surface area contributed by atoms with Crippen LogP contribution in [0.25, 0.3) is 16.9 Å². The SMILES string of the molecule is Cc1ccc(-c2ccn(-c3cccc(C(=O)O)c3)n2)cc1. The van der Waals surface area contributed by atoms with Crippen molar-refractivity contribution in [2.45, 2.75) is 6.92 Å². The molecule has 0 saturated carbocycles. The number of hydrogen-bond acceptors (Lipinski definition) is 2. The van der Waals surface area contributed by atoms with Gasteiger partial charge in [0.05, 0.1) is 16.9 Å². The Morgan fingerprint density at radius 1 is 1.10 bits per heavy atom. The minimum Gasteiger partial charge on any atom is -0.478 e. The molecule has 0 amide bonds. The van der Waals surface area contributed by atoms with Crippen LogP contribution in [0.3, 0.4) is 0 Å². The molecule has 3 rings (SSSR count). The molecular formula is C17H14N2O2. The molecule has 0 aliphatic rings. The van der Waals surface area contributed by atoms with Crippen LogP contribution in [-0.2, 0) is 0 Å². The lowest BCUT2D eigenvalue weighted by Crippen LogP contribution is -2.00. The van der Waals surface area contributed by atoms with E-state index in [0.29, 0.717) is 0 Å². The summed E-state index contributed by atoms with van der Waals surface area (Å²) < 4.78 is 1.68. The van der Waals surface area contributed by atoms with Crippen LogP contribution in [0, 0.1) is 6.92 Å². The van der Waals surface area contributed by atoms with Gasteiger partial charge < -0.3 is 5.11 Å². The minimum absolute atomic E-state index is 0.250. The number of aromatic carboxylic acids is 1. The summed E-state index contributed by atoms with van der Waals surface area (Å²) in [6.07, 6.45) is 1.83. The van der Waals surface area contributed by atoms with Gasteiger partial charge in [0, 0.05) is 11.8 Å². The molecule has 1 aromatic heterocycles. The zero-order valence-electron chi connectivity index (χ0n) is 11.5. The lowest BCUT2D eigenvalue weighted by atomic mass is 10.1. The van der Waals surface area contributed by atoms with Crippen LogP contribution in [0.2, 0.25) is 0 Å². The minimum atomic E-state index is -0.942. The third kappa shape index (κ3) is 2.69. The Hall–Kier alpha value is -2.88. The molecule has 0 atom stereocenters. The maximum atomic E-state index is 11.0. The Labute approximate surface area is 122 Å². The molecule has 0 fully saturated rings. The number of hydrogen-bond donors (Lipinski definition) is 1. The van der Waals surface area contributed by atoms with Crippen molar-refractivity contribution in [2.75, 3.05) is 0 Å². The van der Waals surface area contributed by atoms with Gasteiger partial charge in [-0.2, -0.15) is 5.10 Å². The highest BCUT2D eigenvalue weighted by Crippen LogP contribution is 2.19. The second-order valence-electron chi connectivity index (χ2n) is 4.87. The van der Waals surface area contributed by atoms with Crippen LogP contribution in [-0.4, -0.2) is 20.9 Å². The van der Waals surface area contributed by atoms with Gasteiger partial charge in [-0.15, -0.1) is 0 Å². The number of rotatable bonds is 3. The molecular weight excluding hydrogens is 264 g/mol. The van der Waals surface area contributed by atoms with E-state index in [1.807, 2.05) is 49.5 Å². The largest absolute Gasteiger partial charge is 0.478 e. The van der Waals surface area contributed by atoms with Gasteiger partial charge in [0.2, 0.25) is 0 Å². The third-order valence-corrected chi connectivity index (χ3v) is 3.29. The van der Waals surface area contributed by atoms with Gasteiger partial charge in [-0.1, -0.05) is 35.9 Å². The van der Waals surface area contributed by atoms with Gasteiger partial charge in [-0.05, 0) is 31.2 Å². The summed E-state index contributed by atoms with van der Waals surface area (Å²) in [4.78, 5) is 11.0. The van der Waals surface area contributed by atoms with E-state index in [1.54, 1.807) is 22.9 Å². The molecule has 1 N–H and O–H groups in total. The summed E-state index contributed by atoms with van der Waals surface area (Å²) in [6, 6.07) is 16.8. The Balaban J connectivity index is 1.96. The van der Waals surface area contributed by atoms with Crippen LogP contribution >= 0.6 is 0 Å². The van der Waals surface area contributed by atoms with Crippen molar-refractivity contribution in [2.24, 2.45) is 0 Å². The summed E-state index contributed by atoms with van der Waals surface area (Å²) in [7, 11) is 0. The average molecular weight is 278 g/mol. The predicted octanol–water partition coefficient (Wildman–Crippen LogP) is 3.55. The molecule has 0 radical (unpaired) electrons.